The number of nitrogen functional groups attached to an aromatic ring is 1. The molecule has 18 heavy (non-hydrogen) atoms. The molecule has 2 N–H and O–H groups in total. The molecule has 0 amide bonds. The van der Waals surface area contributed by atoms with Gasteiger partial charge in [0.05, 0.1) is 0 Å². The van der Waals surface area contributed by atoms with Crippen LogP contribution in [0, 0.1) is 5.92 Å². The van der Waals surface area contributed by atoms with Crippen LogP contribution in [0.3, 0.4) is 0 Å². The van der Waals surface area contributed by atoms with Gasteiger partial charge in [0.2, 0.25) is 0 Å². The van der Waals surface area contributed by atoms with Crippen molar-refractivity contribution >= 4 is 5.82 Å². The van der Waals surface area contributed by atoms with Gasteiger partial charge in [-0.25, -0.2) is 0 Å². The Bertz CT molecular complexity index is 312. The van der Waals surface area contributed by atoms with Crippen LogP contribution in [-0.2, 0) is 11.3 Å². The van der Waals surface area contributed by atoms with Crippen LogP contribution < -0.4 is 5.73 Å². The first-order valence-electron chi connectivity index (χ1n) is 7.13. The molecule has 1 atom stereocenters. The fraction of sp³-hybridized carbons (Fsp3) is 0.786. The highest BCUT2D eigenvalue weighted by atomic mass is 16.5. The molecule has 0 radical (unpaired) electrons. The van der Waals surface area contributed by atoms with E-state index in [9.17, 15) is 0 Å². The van der Waals surface area contributed by atoms with Gasteiger partial charge in [-0.2, -0.15) is 5.10 Å². The molecular weight excluding hydrogens is 226 g/mol. The number of aromatic nitrogens is 2. The summed E-state index contributed by atoms with van der Waals surface area (Å²) in [5.41, 5.74) is 5.55. The minimum atomic E-state index is 0.585. The molecule has 4 nitrogen and oxygen atoms in total. The molecule has 0 aliphatic rings. The Hall–Kier alpha value is -1.03. The highest BCUT2D eigenvalue weighted by Gasteiger charge is 2.05. The lowest BCUT2D eigenvalue weighted by atomic mass is 10.0. The van der Waals surface area contributed by atoms with Crippen molar-refractivity contribution in [3.05, 3.63) is 12.3 Å². The summed E-state index contributed by atoms with van der Waals surface area (Å²) in [6, 6.07) is 1.82. The average molecular weight is 253 g/mol. The molecule has 1 rings (SSSR count). The van der Waals surface area contributed by atoms with Crippen LogP contribution in [0.1, 0.15) is 46.0 Å². The van der Waals surface area contributed by atoms with E-state index in [1.54, 1.807) is 0 Å². The van der Waals surface area contributed by atoms with E-state index in [0.29, 0.717) is 5.82 Å². The van der Waals surface area contributed by atoms with E-state index in [1.807, 2.05) is 16.9 Å². The molecule has 1 aromatic rings. The van der Waals surface area contributed by atoms with Gasteiger partial charge in [0, 0.05) is 26.0 Å². The Labute approximate surface area is 111 Å². The molecular formula is C14H27N3O. The molecule has 1 heterocycles. The highest BCUT2D eigenvalue weighted by Crippen LogP contribution is 2.12. The van der Waals surface area contributed by atoms with Crippen LogP contribution in [0.4, 0.5) is 5.82 Å². The van der Waals surface area contributed by atoms with Gasteiger partial charge in [-0.05, 0) is 24.8 Å². The van der Waals surface area contributed by atoms with Crippen molar-refractivity contribution in [2.45, 2.75) is 52.5 Å². The lowest BCUT2D eigenvalue weighted by Gasteiger charge is -2.14. The fourth-order valence-corrected chi connectivity index (χ4v) is 1.98. The van der Waals surface area contributed by atoms with Crippen molar-refractivity contribution in [3.63, 3.8) is 0 Å². The van der Waals surface area contributed by atoms with Gasteiger partial charge >= 0.3 is 0 Å². The maximum Gasteiger partial charge on any atom is 0.145 e. The highest BCUT2D eigenvalue weighted by molar-refractivity contribution is 5.23. The maximum atomic E-state index is 5.74. The molecule has 0 aliphatic carbocycles. The summed E-state index contributed by atoms with van der Waals surface area (Å²) in [4.78, 5) is 0. The van der Waals surface area contributed by atoms with Gasteiger partial charge in [-0.3, -0.25) is 4.68 Å². The second-order valence-corrected chi connectivity index (χ2v) is 4.85. The molecule has 1 unspecified atom stereocenters. The van der Waals surface area contributed by atoms with Crippen molar-refractivity contribution in [3.8, 4) is 0 Å². The van der Waals surface area contributed by atoms with Crippen LogP contribution >= 0.6 is 0 Å². The summed E-state index contributed by atoms with van der Waals surface area (Å²) in [5, 5.41) is 4.14. The van der Waals surface area contributed by atoms with E-state index in [0.717, 1.165) is 32.1 Å². The third-order valence-electron chi connectivity index (χ3n) is 3.23. The van der Waals surface area contributed by atoms with Crippen molar-refractivity contribution in [2.24, 2.45) is 5.92 Å². The number of rotatable bonds is 10. The Balaban J connectivity index is 2.03. The number of nitrogens with two attached hydrogens (primary N) is 1. The summed E-state index contributed by atoms with van der Waals surface area (Å²) in [6.45, 7) is 7.07. The molecule has 0 fully saturated rings. The predicted molar refractivity (Wildman–Crippen MR) is 75.4 cm³/mol. The molecule has 0 saturated carbocycles. The molecule has 0 spiro atoms. The number of aryl methyl sites for hydroxylation is 1. The van der Waals surface area contributed by atoms with Gasteiger partial charge in [-0.1, -0.05) is 33.1 Å². The van der Waals surface area contributed by atoms with Crippen molar-refractivity contribution in [1.82, 2.24) is 9.78 Å². The van der Waals surface area contributed by atoms with Crippen LogP contribution in [-0.4, -0.2) is 23.0 Å². The van der Waals surface area contributed by atoms with Crippen LogP contribution in [0.5, 0.6) is 0 Å². The standard InChI is InChI=1S/C14H27N3O/c1-3-5-7-13(4-2)12-18-11-6-9-17-10-8-14(15)16-17/h8,10,13H,3-7,9,11-12H2,1-2H3,(H2,15,16). The number of anilines is 1. The lowest BCUT2D eigenvalue weighted by Crippen LogP contribution is -2.11. The van der Waals surface area contributed by atoms with Gasteiger partial charge in [0.25, 0.3) is 0 Å². The van der Waals surface area contributed by atoms with E-state index in [4.69, 9.17) is 10.5 Å². The fourth-order valence-electron chi connectivity index (χ4n) is 1.98. The molecule has 104 valence electrons. The van der Waals surface area contributed by atoms with Crippen LogP contribution in [0.25, 0.3) is 0 Å². The number of hydrogen-bond acceptors (Lipinski definition) is 3. The summed E-state index contributed by atoms with van der Waals surface area (Å²) in [5.74, 6) is 1.31. The second kappa shape index (κ2) is 8.97. The van der Waals surface area contributed by atoms with E-state index in [1.165, 1.54) is 25.7 Å². The Morgan fingerprint density at radius 2 is 2.22 bits per heavy atom. The average Bonchev–Trinajstić information content (AvgIpc) is 2.78. The molecule has 4 heteroatoms. The zero-order valence-electron chi connectivity index (χ0n) is 11.8. The first-order valence-corrected chi connectivity index (χ1v) is 7.13. The van der Waals surface area contributed by atoms with Gasteiger partial charge < -0.3 is 10.5 Å². The van der Waals surface area contributed by atoms with Gasteiger partial charge in [0.15, 0.2) is 0 Å². The van der Waals surface area contributed by atoms with E-state index < -0.39 is 0 Å². The number of nitrogens with zero attached hydrogens (tertiary/aromatic N) is 2. The molecule has 1 aromatic heterocycles. The van der Waals surface area contributed by atoms with E-state index >= 15 is 0 Å². The minimum absolute atomic E-state index is 0.585. The van der Waals surface area contributed by atoms with E-state index in [-0.39, 0.29) is 0 Å². The largest absolute Gasteiger partial charge is 0.382 e. The zero-order chi connectivity index (χ0) is 13.2. The Kier molecular flexibility index (Phi) is 7.49. The minimum Gasteiger partial charge on any atom is -0.382 e. The van der Waals surface area contributed by atoms with E-state index in [2.05, 4.69) is 18.9 Å². The Morgan fingerprint density at radius 1 is 1.39 bits per heavy atom. The number of hydrogen-bond donors (Lipinski definition) is 1. The van der Waals surface area contributed by atoms with Crippen LogP contribution in [0.2, 0.25) is 0 Å². The third-order valence-corrected chi connectivity index (χ3v) is 3.23. The zero-order valence-corrected chi connectivity index (χ0v) is 11.8. The third kappa shape index (κ3) is 6.05. The smallest absolute Gasteiger partial charge is 0.145 e. The topological polar surface area (TPSA) is 53.1 Å². The summed E-state index contributed by atoms with van der Waals surface area (Å²) in [7, 11) is 0. The molecule has 0 aliphatic heterocycles. The molecule has 0 aromatic carbocycles. The SMILES string of the molecule is CCCCC(CC)COCCCn1ccc(N)n1. The number of ether oxygens (including phenoxy) is 1. The Morgan fingerprint density at radius 3 is 2.83 bits per heavy atom. The first kappa shape index (κ1) is 15.0. The van der Waals surface area contributed by atoms with Crippen molar-refractivity contribution in [1.29, 1.82) is 0 Å². The van der Waals surface area contributed by atoms with Crippen LogP contribution in [0.15, 0.2) is 12.3 Å². The second-order valence-electron chi connectivity index (χ2n) is 4.85. The number of unbranched alkanes of at least 4 members (excludes halogenated alkanes) is 1. The monoisotopic (exact) mass is 253 g/mol. The molecule has 0 bridgehead atoms. The first-order chi connectivity index (χ1) is 8.76. The van der Waals surface area contributed by atoms with Gasteiger partial charge in [-0.15, -0.1) is 0 Å². The summed E-state index contributed by atoms with van der Waals surface area (Å²) in [6.07, 6.45) is 8.00. The quantitative estimate of drug-likeness (QED) is 0.652. The molecule has 0 saturated heterocycles. The predicted octanol–water partition coefficient (Wildman–Crippen LogP) is 3.09. The summed E-state index contributed by atoms with van der Waals surface area (Å²) < 4.78 is 7.61. The van der Waals surface area contributed by atoms with Crippen molar-refractivity contribution < 1.29 is 4.74 Å². The summed E-state index contributed by atoms with van der Waals surface area (Å²) >= 11 is 0. The van der Waals surface area contributed by atoms with Crippen molar-refractivity contribution in [2.75, 3.05) is 18.9 Å². The normalized spacial score (nSPS) is 12.8. The van der Waals surface area contributed by atoms with Gasteiger partial charge in [0.1, 0.15) is 5.82 Å². The maximum absolute atomic E-state index is 5.74. The lowest BCUT2D eigenvalue weighted by molar-refractivity contribution is 0.0895.